The number of carbonyl (C=O) groups is 1. The van der Waals surface area contributed by atoms with Gasteiger partial charge in [0.2, 0.25) is 0 Å². The minimum atomic E-state index is -4.65. The highest BCUT2D eigenvalue weighted by molar-refractivity contribution is 9.10. The molecule has 0 aliphatic rings. The third-order valence-electron chi connectivity index (χ3n) is 2.02. The second-order valence-electron chi connectivity index (χ2n) is 3.75. The molecule has 19 heavy (non-hydrogen) atoms. The maximum Gasteiger partial charge on any atom is 0.426 e. The van der Waals surface area contributed by atoms with Crippen LogP contribution in [0.1, 0.15) is 18.1 Å². The van der Waals surface area contributed by atoms with E-state index in [9.17, 15) is 18.0 Å². The molecule has 0 aliphatic heterocycles. The Bertz CT molecular complexity index is 539. The Hall–Kier alpha value is -1.01. The molecule has 0 N–H and O–H groups in total. The van der Waals surface area contributed by atoms with Crippen LogP contribution >= 0.6 is 27.5 Å². The summed E-state index contributed by atoms with van der Waals surface area (Å²) in [5.74, 6) is -0.636. The van der Waals surface area contributed by atoms with Gasteiger partial charge < -0.3 is 4.74 Å². The topological polar surface area (TPSA) is 26.3 Å². The van der Waals surface area contributed by atoms with E-state index < -0.39 is 17.2 Å². The Morgan fingerprint density at radius 2 is 2.00 bits per heavy atom. The molecule has 0 amide bonds. The predicted molar refractivity (Wildman–Crippen MR) is 70.1 cm³/mol. The van der Waals surface area contributed by atoms with Crippen molar-refractivity contribution in [3.05, 3.63) is 32.8 Å². The van der Waals surface area contributed by atoms with Crippen molar-refractivity contribution >= 4 is 39.6 Å². The normalized spacial score (nSPS) is 12.5. The van der Waals surface area contributed by atoms with E-state index in [0.717, 1.165) is 13.0 Å². The molecule has 0 heterocycles. The van der Waals surface area contributed by atoms with Crippen LogP contribution in [0.25, 0.3) is 6.08 Å². The first-order chi connectivity index (χ1) is 8.61. The maximum absolute atomic E-state index is 12.4. The van der Waals surface area contributed by atoms with Crippen LogP contribution in [0.3, 0.4) is 0 Å². The second kappa shape index (κ2) is 5.96. The molecule has 1 aromatic rings. The highest BCUT2D eigenvalue weighted by atomic mass is 79.9. The van der Waals surface area contributed by atoms with Crippen LogP contribution in [-0.2, 0) is 4.79 Å². The zero-order valence-corrected chi connectivity index (χ0v) is 12.3. The standard InChI is InChI=1S/C12H9BrClF3O2/c1-6-3-8(5-10(14)12(15,16)17)11(9(13)4-6)19-7(2)18/h3-5H,1-2H3/b10-5-. The molecular weight excluding hydrogens is 348 g/mol. The number of hydrogen-bond acceptors (Lipinski definition) is 2. The molecule has 0 saturated carbocycles. The number of rotatable bonds is 2. The molecule has 0 saturated heterocycles. The Kier molecular flexibility index (Phi) is 5.04. The summed E-state index contributed by atoms with van der Waals surface area (Å²) < 4.78 is 42.5. The van der Waals surface area contributed by atoms with E-state index in [2.05, 4.69) is 15.9 Å². The van der Waals surface area contributed by atoms with E-state index in [-0.39, 0.29) is 11.3 Å². The van der Waals surface area contributed by atoms with Gasteiger partial charge in [0.15, 0.2) is 5.75 Å². The molecule has 0 bridgehead atoms. The number of allylic oxidation sites excluding steroid dienone is 1. The summed E-state index contributed by atoms with van der Waals surface area (Å²) in [4.78, 5) is 11.0. The van der Waals surface area contributed by atoms with Crippen molar-refractivity contribution < 1.29 is 22.7 Å². The van der Waals surface area contributed by atoms with Gasteiger partial charge in [-0.25, -0.2) is 0 Å². The monoisotopic (exact) mass is 356 g/mol. The Morgan fingerprint density at radius 3 is 2.47 bits per heavy atom. The first-order valence-corrected chi connectivity index (χ1v) is 6.21. The molecule has 0 fully saturated rings. The van der Waals surface area contributed by atoms with E-state index >= 15 is 0 Å². The minimum Gasteiger partial charge on any atom is -0.425 e. The van der Waals surface area contributed by atoms with Crippen LogP contribution in [0, 0.1) is 6.92 Å². The summed E-state index contributed by atoms with van der Waals surface area (Å²) in [6.45, 7) is 2.85. The number of carbonyl (C=O) groups excluding carboxylic acids is 1. The average molecular weight is 358 g/mol. The van der Waals surface area contributed by atoms with Gasteiger partial charge in [-0.05, 0) is 46.6 Å². The van der Waals surface area contributed by atoms with E-state index in [1.807, 2.05) is 0 Å². The van der Waals surface area contributed by atoms with Crippen molar-refractivity contribution in [2.24, 2.45) is 0 Å². The number of esters is 1. The predicted octanol–water partition coefficient (Wildman–Crippen LogP) is 4.82. The van der Waals surface area contributed by atoms with Crippen molar-refractivity contribution in [2.75, 3.05) is 0 Å². The number of aryl methyl sites for hydroxylation is 1. The van der Waals surface area contributed by atoms with Gasteiger partial charge in [0.25, 0.3) is 0 Å². The number of halogens is 5. The lowest BCUT2D eigenvalue weighted by Gasteiger charge is -2.11. The first-order valence-electron chi connectivity index (χ1n) is 5.04. The molecule has 0 aromatic heterocycles. The minimum absolute atomic E-state index is 0.000463. The van der Waals surface area contributed by atoms with Gasteiger partial charge in [-0.2, -0.15) is 13.2 Å². The fourth-order valence-corrected chi connectivity index (χ4v) is 2.12. The van der Waals surface area contributed by atoms with Gasteiger partial charge in [0.1, 0.15) is 5.03 Å². The van der Waals surface area contributed by atoms with Gasteiger partial charge in [0, 0.05) is 12.5 Å². The fraction of sp³-hybridized carbons (Fsp3) is 0.250. The van der Waals surface area contributed by atoms with Crippen LogP contribution in [0.4, 0.5) is 13.2 Å². The van der Waals surface area contributed by atoms with Gasteiger partial charge in [-0.15, -0.1) is 0 Å². The van der Waals surface area contributed by atoms with Crippen LogP contribution in [-0.4, -0.2) is 12.1 Å². The number of hydrogen-bond donors (Lipinski definition) is 0. The third-order valence-corrected chi connectivity index (χ3v) is 2.93. The van der Waals surface area contributed by atoms with Gasteiger partial charge in [0.05, 0.1) is 4.47 Å². The molecule has 1 rings (SSSR count). The van der Waals surface area contributed by atoms with Crippen molar-refractivity contribution in [1.29, 1.82) is 0 Å². The molecular formula is C12H9BrClF3O2. The summed E-state index contributed by atoms with van der Waals surface area (Å²) >= 11 is 8.32. The lowest BCUT2D eigenvalue weighted by Crippen LogP contribution is -2.08. The number of ether oxygens (including phenoxy) is 1. The Labute approximate surface area is 121 Å². The van der Waals surface area contributed by atoms with E-state index in [1.165, 1.54) is 6.07 Å². The Balaban J connectivity index is 3.37. The summed E-state index contributed by atoms with van der Waals surface area (Å²) in [6, 6.07) is 3.06. The van der Waals surface area contributed by atoms with E-state index in [1.54, 1.807) is 13.0 Å². The lowest BCUT2D eigenvalue weighted by molar-refractivity contribution is -0.131. The summed E-state index contributed by atoms with van der Waals surface area (Å²) in [6.07, 6.45) is -3.93. The molecule has 104 valence electrons. The largest absolute Gasteiger partial charge is 0.426 e. The molecule has 0 radical (unpaired) electrons. The molecule has 1 aromatic carbocycles. The van der Waals surface area contributed by atoms with Crippen LogP contribution in [0.5, 0.6) is 5.75 Å². The van der Waals surface area contributed by atoms with Crippen LogP contribution < -0.4 is 4.74 Å². The molecule has 2 nitrogen and oxygen atoms in total. The van der Waals surface area contributed by atoms with Gasteiger partial charge in [-0.1, -0.05) is 11.6 Å². The van der Waals surface area contributed by atoms with E-state index in [0.29, 0.717) is 10.0 Å². The summed E-state index contributed by atoms with van der Waals surface area (Å²) in [5, 5.41) is -1.29. The summed E-state index contributed by atoms with van der Waals surface area (Å²) in [7, 11) is 0. The number of benzene rings is 1. The highest BCUT2D eigenvalue weighted by Gasteiger charge is 2.32. The lowest BCUT2D eigenvalue weighted by atomic mass is 10.1. The molecule has 7 heteroatoms. The number of alkyl halides is 3. The van der Waals surface area contributed by atoms with Crippen molar-refractivity contribution in [1.82, 2.24) is 0 Å². The van der Waals surface area contributed by atoms with Crippen LogP contribution in [0.15, 0.2) is 21.6 Å². The van der Waals surface area contributed by atoms with Crippen molar-refractivity contribution in [2.45, 2.75) is 20.0 Å². The zero-order chi connectivity index (χ0) is 14.8. The SMILES string of the molecule is CC(=O)Oc1c(Br)cc(C)cc1/C=C(\Cl)C(F)(F)F. The maximum atomic E-state index is 12.4. The first kappa shape index (κ1) is 16.0. The summed E-state index contributed by atoms with van der Waals surface area (Å²) in [5.41, 5.74) is 0.769. The van der Waals surface area contributed by atoms with Gasteiger partial charge in [-0.3, -0.25) is 4.79 Å². The second-order valence-corrected chi connectivity index (χ2v) is 5.01. The quantitative estimate of drug-likeness (QED) is 0.560. The van der Waals surface area contributed by atoms with Crippen molar-refractivity contribution in [3.8, 4) is 5.75 Å². The average Bonchev–Trinajstić information content (AvgIpc) is 2.21. The molecule has 0 spiro atoms. The molecule has 0 atom stereocenters. The third kappa shape index (κ3) is 4.54. The molecule has 0 aliphatic carbocycles. The molecule has 0 unspecified atom stereocenters. The smallest absolute Gasteiger partial charge is 0.425 e. The Morgan fingerprint density at radius 1 is 1.42 bits per heavy atom. The highest BCUT2D eigenvalue weighted by Crippen LogP contribution is 2.36. The zero-order valence-electron chi connectivity index (χ0n) is 9.94. The van der Waals surface area contributed by atoms with Crippen LogP contribution in [0.2, 0.25) is 0 Å². The van der Waals surface area contributed by atoms with E-state index in [4.69, 9.17) is 16.3 Å². The fourth-order valence-electron chi connectivity index (χ4n) is 1.33. The van der Waals surface area contributed by atoms with Crippen molar-refractivity contribution in [3.63, 3.8) is 0 Å². The van der Waals surface area contributed by atoms with Gasteiger partial charge >= 0.3 is 12.1 Å².